The molecule has 0 heterocycles. The zero-order valence-corrected chi connectivity index (χ0v) is 10.0. The summed E-state index contributed by atoms with van der Waals surface area (Å²) in [5.74, 6) is -0.711. The van der Waals surface area contributed by atoms with Gasteiger partial charge in [-0.25, -0.2) is 0 Å². The van der Waals surface area contributed by atoms with Crippen LogP contribution < -0.4 is 0 Å². The number of rotatable bonds is 6. The first-order chi connectivity index (χ1) is 6.58. The average Bonchev–Trinajstić information content (AvgIpc) is 2.05. The van der Waals surface area contributed by atoms with Gasteiger partial charge < -0.3 is 10.0 Å². The van der Waals surface area contributed by atoms with Gasteiger partial charge >= 0.3 is 5.97 Å². The standard InChI is InChI=1S/C7H17N.C4H8O2/c1-4-6-8(3)7-5-2;1-2-3-4(5)6/h4-7H2,1-3H3;2-3H2,1H3,(H,5,6). The van der Waals surface area contributed by atoms with Crippen molar-refractivity contribution < 1.29 is 9.90 Å². The molecule has 0 bridgehead atoms. The van der Waals surface area contributed by atoms with E-state index in [4.69, 9.17) is 5.11 Å². The van der Waals surface area contributed by atoms with Crippen molar-refractivity contribution in [2.75, 3.05) is 20.1 Å². The predicted molar refractivity (Wildman–Crippen MR) is 60.6 cm³/mol. The van der Waals surface area contributed by atoms with E-state index in [9.17, 15) is 4.79 Å². The van der Waals surface area contributed by atoms with Gasteiger partial charge in [-0.3, -0.25) is 4.79 Å². The molecule has 0 rings (SSSR count). The van der Waals surface area contributed by atoms with Crippen molar-refractivity contribution in [2.45, 2.75) is 46.5 Å². The number of aliphatic carboxylic acids is 1. The number of carboxylic acid groups (broad SMARTS) is 1. The van der Waals surface area contributed by atoms with Crippen LogP contribution in [0.4, 0.5) is 0 Å². The highest BCUT2D eigenvalue weighted by atomic mass is 16.4. The Kier molecular flexibility index (Phi) is 14.1. The summed E-state index contributed by atoms with van der Waals surface area (Å²) in [4.78, 5) is 12.0. The molecule has 0 aromatic heterocycles. The quantitative estimate of drug-likeness (QED) is 0.721. The van der Waals surface area contributed by atoms with Crippen LogP contribution in [-0.4, -0.2) is 36.1 Å². The van der Waals surface area contributed by atoms with Crippen LogP contribution in [0.5, 0.6) is 0 Å². The Balaban J connectivity index is 0. The van der Waals surface area contributed by atoms with Crippen LogP contribution in [-0.2, 0) is 4.79 Å². The third-order valence-corrected chi connectivity index (χ3v) is 1.67. The van der Waals surface area contributed by atoms with E-state index in [0.717, 1.165) is 6.42 Å². The van der Waals surface area contributed by atoms with Gasteiger partial charge in [-0.2, -0.15) is 0 Å². The number of carboxylic acids is 1. The molecule has 0 fully saturated rings. The summed E-state index contributed by atoms with van der Waals surface area (Å²) >= 11 is 0. The largest absolute Gasteiger partial charge is 0.481 e. The summed E-state index contributed by atoms with van der Waals surface area (Å²) < 4.78 is 0. The van der Waals surface area contributed by atoms with E-state index < -0.39 is 5.97 Å². The van der Waals surface area contributed by atoms with Gasteiger partial charge in [-0.05, 0) is 39.4 Å². The van der Waals surface area contributed by atoms with Gasteiger partial charge in [0.15, 0.2) is 0 Å². The molecule has 0 aliphatic carbocycles. The zero-order valence-electron chi connectivity index (χ0n) is 10.0. The van der Waals surface area contributed by atoms with Crippen LogP contribution in [0.3, 0.4) is 0 Å². The van der Waals surface area contributed by atoms with Gasteiger partial charge in [-0.15, -0.1) is 0 Å². The molecule has 0 unspecified atom stereocenters. The second-order valence-corrected chi connectivity index (χ2v) is 3.45. The van der Waals surface area contributed by atoms with E-state index in [0.29, 0.717) is 6.42 Å². The van der Waals surface area contributed by atoms with E-state index in [2.05, 4.69) is 25.8 Å². The van der Waals surface area contributed by atoms with Crippen LogP contribution in [0.15, 0.2) is 0 Å². The summed E-state index contributed by atoms with van der Waals surface area (Å²) in [6, 6.07) is 0. The summed E-state index contributed by atoms with van der Waals surface area (Å²) in [5.41, 5.74) is 0. The highest BCUT2D eigenvalue weighted by Crippen LogP contribution is 1.87. The number of nitrogens with zero attached hydrogens (tertiary/aromatic N) is 1. The third-order valence-electron chi connectivity index (χ3n) is 1.67. The minimum absolute atomic E-state index is 0.292. The van der Waals surface area contributed by atoms with Gasteiger partial charge in [0.2, 0.25) is 0 Å². The molecule has 0 saturated heterocycles. The van der Waals surface area contributed by atoms with Gasteiger partial charge in [-0.1, -0.05) is 20.8 Å². The molecule has 3 heteroatoms. The van der Waals surface area contributed by atoms with Gasteiger partial charge in [0.25, 0.3) is 0 Å². The fraction of sp³-hybridized carbons (Fsp3) is 0.909. The Labute approximate surface area is 88.1 Å². The van der Waals surface area contributed by atoms with Crippen LogP contribution in [0.25, 0.3) is 0 Å². The molecule has 0 aromatic rings. The van der Waals surface area contributed by atoms with Crippen molar-refractivity contribution in [1.82, 2.24) is 4.90 Å². The Morgan fingerprint density at radius 2 is 1.50 bits per heavy atom. The van der Waals surface area contributed by atoms with Crippen molar-refractivity contribution in [3.8, 4) is 0 Å². The molecule has 0 aromatic carbocycles. The van der Waals surface area contributed by atoms with Crippen LogP contribution in [0, 0.1) is 0 Å². The molecule has 0 amide bonds. The van der Waals surface area contributed by atoms with Crippen molar-refractivity contribution in [1.29, 1.82) is 0 Å². The highest BCUT2D eigenvalue weighted by Gasteiger charge is 1.90. The van der Waals surface area contributed by atoms with E-state index >= 15 is 0 Å². The maximum atomic E-state index is 9.60. The third kappa shape index (κ3) is 17.5. The second kappa shape index (κ2) is 12.4. The topological polar surface area (TPSA) is 40.5 Å². The maximum Gasteiger partial charge on any atom is 0.303 e. The first kappa shape index (κ1) is 15.9. The molecule has 0 saturated carbocycles. The molecule has 0 aliphatic rings. The molecule has 14 heavy (non-hydrogen) atoms. The zero-order chi connectivity index (χ0) is 11.4. The van der Waals surface area contributed by atoms with Crippen LogP contribution in [0.2, 0.25) is 0 Å². The molecule has 86 valence electrons. The minimum atomic E-state index is -0.711. The van der Waals surface area contributed by atoms with E-state index in [1.807, 2.05) is 6.92 Å². The van der Waals surface area contributed by atoms with E-state index in [1.54, 1.807) is 0 Å². The Bertz CT molecular complexity index is 120. The van der Waals surface area contributed by atoms with Crippen molar-refractivity contribution >= 4 is 5.97 Å². The average molecular weight is 203 g/mol. The Morgan fingerprint density at radius 1 is 1.07 bits per heavy atom. The van der Waals surface area contributed by atoms with Crippen molar-refractivity contribution in [3.05, 3.63) is 0 Å². The molecule has 3 nitrogen and oxygen atoms in total. The summed E-state index contributed by atoms with van der Waals surface area (Å²) in [6.07, 6.45) is 3.57. The van der Waals surface area contributed by atoms with E-state index in [-0.39, 0.29) is 0 Å². The predicted octanol–water partition coefficient (Wildman–Crippen LogP) is 2.61. The van der Waals surface area contributed by atoms with Gasteiger partial charge in [0, 0.05) is 6.42 Å². The van der Waals surface area contributed by atoms with Gasteiger partial charge in [0.1, 0.15) is 0 Å². The lowest BCUT2D eigenvalue weighted by atomic mass is 10.4. The van der Waals surface area contributed by atoms with E-state index in [1.165, 1.54) is 25.9 Å². The molecule has 0 radical (unpaired) electrons. The van der Waals surface area contributed by atoms with Crippen LogP contribution >= 0.6 is 0 Å². The minimum Gasteiger partial charge on any atom is -0.481 e. The Morgan fingerprint density at radius 3 is 1.64 bits per heavy atom. The lowest BCUT2D eigenvalue weighted by molar-refractivity contribution is -0.137. The molecule has 0 spiro atoms. The fourth-order valence-electron chi connectivity index (χ4n) is 1.09. The number of carbonyl (C=O) groups is 1. The lowest BCUT2D eigenvalue weighted by Gasteiger charge is -2.12. The van der Waals surface area contributed by atoms with Crippen molar-refractivity contribution in [3.63, 3.8) is 0 Å². The fourth-order valence-corrected chi connectivity index (χ4v) is 1.09. The highest BCUT2D eigenvalue weighted by molar-refractivity contribution is 5.66. The summed E-state index contributed by atoms with van der Waals surface area (Å²) in [5, 5.41) is 7.91. The first-order valence-electron chi connectivity index (χ1n) is 5.48. The molecule has 0 aliphatic heterocycles. The first-order valence-corrected chi connectivity index (χ1v) is 5.48. The molecule has 0 atom stereocenters. The number of hydrogen-bond acceptors (Lipinski definition) is 2. The number of hydrogen-bond donors (Lipinski definition) is 1. The monoisotopic (exact) mass is 203 g/mol. The normalized spacial score (nSPS) is 9.50. The SMILES string of the molecule is CCCC(=O)O.CCCN(C)CCC. The molecular formula is C11H25NO2. The smallest absolute Gasteiger partial charge is 0.303 e. The molecule has 1 N–H and O–H groups in total. The van der Waals surface area contributed by atoms with Crippen LogP contribution in [0.1, 0.15) is 46.5 Å². The molecular weight excluding hydrogens is 178 g/mol. The summed E-state index contributed by atoms with van der Waals surface area (Å²) in [6.45, 7) is 8.76. The lowest BCUT2D eigenvalue weighted by Crippen LogP contribution is -2.19. The maximum absolute atomic E-state index is 9.60. The van der Waals surface area contributed by atoms with Crippen molar-refractivity contribution in [2.24, 2.45) is 0 Å². The second-order valence-electron chi connectivity index (χ2n) is 3.45. The Hall–Kier alpha value is -0.570. The summed E-state index contributed by atoms with van der Waals surface area (Å²) in [7, 11) is 2.17. The van der Waals surface area contributed by atoms with Gasteiger partial charge in [0.05, 0.1) is 0 Å².